The average molecular weight is 275 g/mol. The molecule has 1 atom stereocenters. The molecule has 0 bridgehead atoms. The molecule has 0 radical (unpaired) electrons. The number of rotatable bonds is 7. The third-order valence-electron chi connectivity index (χ3n) is 2.78. The molecule has 1 aromatic heterocycles. The summed E-state index contributed by atoms with van der Waals surface area (Å²) in [5.41, 5.74) is 6.30. The van der Waals surface area contributed by atoms with Gasteiger partial charge in [-0.15, -0.1) is 0 Å². The normalized spacial score (nSPS) is 13.8. The van der Waals surface area contributed by atoms with Crippen LogP contribution in [0.1, 0.15) is 19.0 Å². The lowest BCUT2D eigenvalue weighted by molar-refractivity contribution is 0.173. The van der Waals surface area contributed by atoms with Crippen molar-refractivity contribution in [2.24, 2.45) is 12.8 Å². The first-order valence-corrected chi connectivity index (χ1v) is 7.29. The number of nitrogens with one attached hydrogen (secondary N) is 1. The standard InChI is InChI=1S/C11H21N3O3S/c1-4-9(8-17-3)13-18(15,16)11-5-10(6-12)14(2)7-11/h5,7,9,13H,4,6,8,12H2,1-3H3. The van der Waals surface area contributed by atoms with Crippen LogP contribution in [0.25, 0.3) is 0 Å². The van der Waals surface area contributed by atoms with E-state index in [-0.39, 0.29) is 10.9 Å². The average Bonchev–Trinajstić information content (AvgIpc) is 2.70. The van der Waals surface area contributed by atoms with Crippen LogP contribution in [0.15, 0.2) is 17.2 Å². The Labute approximate surface area is 108 Å². The van der Waals surface area contributed by atoms with E-state index in [1.807, 2.05) is 6.92 Å². The van der Waals surface area contributed by atoms with Crippen molar-refractivity contribution in [3.05, 3.63) is 18.0 Å². The number of ether oxygens (including phenoxy) is 1. The van der Waals surface area contributed by atoms with Crippen molar-refractivity contribution in [3.63, 3.8) is 0 Å². The predicted octanol–water partition coefficient (Wildman–Crippen LogP) is 0.187. The van der Waals surface area contributed by atoms with Gasteiger partial charge < -0.3 is 15.0 Å². The van der Waals surface area contributed by atoms with Gasteiger partial charge in [0, 0.05) is 38.6 Å². The SMILES string of the molecule is CCC(COC)NS(=O)(=O)c1cc(CN)n(C)c1. The molecule has 0 saturated carbocycles. The van der Waals surface area contributed by atoms with Gasteiger partial charge in [0.15, 0.2) is 0 Å². The maximum absolute atomic E-state index is 12.1. The van der Waals surface area contributed by atoms with E-state index in [1.54, 1.807) is 31.0 Å². The van der Waals surface area contributed by atoms with Gasteiger partial charge in [0.2, 0.25) is 10.0 Å². The zero-order valence-electron chi connectivity index (χ0n) is 11.0. The van der Waals surface area contributed by atoms with Crippen LogP contribution >= 0.6 is 0 Å². The minimum absolute atomic E-state index is 0.221. The molecule has 1 heterocycles. The molecular weight excluding hydrogens is 254 g/mol. The van der Waals surface area contributed by atoms with E-state index in [2.05, 4.69) is 4.72 Å². The highest BCUT2D eigenvalue weighted by Crippen LogP contribution is 2.14. The fourth-order valence-corrected chi connectivity index (χ4v) is 3.05. The summed E-state index contributed by atoms with van der Waals surface area (Å²) in [6.45, 7) is 2.57. The van der Waals surface area contributed by atoms with Crippen LogP contribution in [-0.2, 0) is 28.4 Å². The Kier molecular flexibility index (Phi) is 5.33. The highest BCUT2D eigenvalue weighted by molar-refractivity contribution is 7.89. The number of methoxy groups -OCH3 is 1. The molecule has 104 valence electrons. The highest BCUT2D eigenvalue weighted by atomic mass is 32.2. The molecule has 0 spiro atoms. The number of aryl methyl sites for hydroxylation is 1. The molecule has 0 aromatic carbocycles. The maximum Gasteiger partial charge on any atom is 0.242 e. The summed E-state index contributed by atoms with van der Waals surface area (Å²) in [6.07, 6.45) is 2.23. The van der Waals surface area contributed by atoms with Crippen LogP contribution < -0.4 is 10.5 Å². The van der Waals surface area contributed by atoms with Crippen molar-refractivity contribution < 1.29 is 13.2 Å². The predicted molar refractivity (Wildman–Crippen MR) is 69.6 cm³/mol. The topological polar surface area (TPSA) is 86.3 Å². The number of nitrogens with zero attached hydrogens (tertiary/aromatic N) is 1. The fourth-order valence-electron chi connectivity index (χ4n) is 1.65. The summed E-state index contributed by atoms with van der Waals surface area (Å²) in [5, 5.41) is 0. The number of nitrogens with two attached hydrogens (primary N) is 1. The molecule has 0 aliphatic rings. The molecule has 0 aliphatic carbocycles. The monoisotopic (exact) mass is 275 g/mol. The smallest absolute Gasteiger partial charge is 0.242 e. The number of hydrogen-bond acceptors (Lipinski definition) is 4. The van der Waals surface area contributed by atoms with Gasteiger partial charge >= 0.3 is 0 Å². The first-order valence-electron chi connectivity index (χ1n) is 5.81. The molecule has 1 rings (SSSR count). The van der Waals surface area contributed by atoms with E-state index >= 15 is 0 Å². The molecule has 0 amide bonds. The summed E-state index contributed by atoms with van der Waals surface area (Å²) in [5.74, 6) is 0. The zero-order chi connectivity index (χ0) is 13.8. The van der Waals surface area contributed by atoms with Crippen molar-refractivity contribution in [2.75, 3.05) is 13.7 Å². The maximum atomic E-state index is 12.1. The number of sulfonamides is 1. The molecule has 0 fully saturated rings. The van der Waals surface area contributed by atoms with Gasteiger partial charge in [0.25, 0.3) is 0 Å². The molecule has 0 saturated heterocycles. The summed E-state index contributed by atoms with van der Waals surface area (Å²) in [7, 11) is -0.193. The Morgan fingerprint density at radius 2 is 2.22 bits per heavy atom. The second-order valence-electron chi connectivity index (χ2n) is 4.16. The summed E-state index contributed by atoms with van der Waals surface area (Å²) < 4.78 is 33.6. The van der Waals surface area contributed by atoms with Crippen molar-refractivity contribution in [3.8, 4) is 0 Å². The Morgan fingerprint density at radius 1 is 1.56 bits per heavy atom. The largest absolute Gasteiger partial charge is 0.383 e. The fraction of sp³-hybridized carbons (Fsp3) is 0.636. The molecule has 3 N–H and O–H groups in total. The van der Waals surface area contributed by atoms with E-state index in [0.29, 0.717) is 19.6 Å². The third-order valence-corrected chi connectivity index (χ3v) is 4.27. The van der Waals surface area contributed by atoms with Crippen LogP contribution in [0.3, 0.4) is 0 Å². The van der Waals surface area contributed by atoms with Gasteiger partial charge in [-0.1, -0.05) is 6.92 Å². The quantitative estimate of drug-likeness (QED) is 0.743. The van der Waals surface area contributed by atoms with Crippen molar-refractivity contribution >= 4 is 10.0 Å². The molecule has 1 aromatic rings. The van der Waals surface area contributed by atoms with E-state index < -0.39 is 10.0 Å². The molecule has 18 heavy (non-hydrogen) atoms. The van der Waals surface area contributed by atoms with Crippen LogP contribution in [-0.4, -0.2) is 32.7 Å². The number of aromatic nitrogens is 1. The van der Waals surface area contributed by atoms with Crippen molar-refractivity contribution in [1.82, 2.24) is 9.29 Å². The minimum Gasteiger partial charge on any atom is -0.383 e. The molecule has 1 unspecified atom stereocenters. The first kappa shape index (κ1) is 15.2. The van der Waals surface area contributed by atoms with Crippen LogP contribution in [0.2, 0.25) is 0 Å². The van der Waals surface area contributed by atoms with Gasteiger partial charge in [-0.25, -0.2) is 13.1 Å². The van der Waals surface area contributed by atoms with E-state index in [0.717, 1.165) is 5.69 Å². The molecule has 0 aliphatic heterocycles. The Hall–Kier alpha value is -0.890. The molecule has 7 heteroatoms. The lowest BCUT2D eigenvalue weighted by Gasteiger charge is -2.15. The van der Waals surface area contributed by atoms with Gasteiger partial charge in [-0.2, -0.15) is 0 Å². The second-order valence-corrected chi connectivity index (χ2v) is 5.88. The molecular formula is C11H21N3O3S. The van der Waals surface area contributed by atoms with Crippen LogP contribution in [0, 0.1) is 0 Å². The van der Waals surface area contributed by atoms with Crippen molar-refractivity contribution in [1.29, 1.82) is 0 Å². The van der Waals surface area contributed by atoms with Crippen molar-refractivity contribution in [2.45, 2.75) is 30.8 Å². The Morgan fingerprint density at radius 3 is 2.67 bits per heavy atom. The summed E-state index contributed by atoms with van der Waals surface area (Å²) in [4.78, 5) is 0.236. The van der Waals surface area contributed by atoms with Gasteiger partial charge in [-0.05, 0) is 12.5 Å². The van der Waals surface area contributed by atoms with E-state index in [4.69, 9.17) is 10.5 Å². The first-order chi connectivity index (χ1) is 8.44. The Bertz CT molecular complexity index is 482. The van der Waals surface area contributed by atoms with E-state index in [1.165, 1.54) is 0 Å². The molecule has 6 nitrogen and oxygen atoms in total. The van der Waals surface area contributed by atoms with Gasteiger partial charge in [0.05, 0.1) is 11.5 Å². The van der Waals surface area contributed by atoms with Crippen LogP contribution in [0.4, 0.5) is 0 Å². The lowest BCUT2D eigenvalue weighted by Crippen LogP contribution is -2.37. The summed E-state index contributed by atoms with van der Waals surface area (Å²) >= 11 is 0. The van der Waals surface area contributed by atoms with Gasteiger partial charge in [-0.3, -0.25) is 0 Å². The number of hydrogen-bond donors (Lipinski definition) is 2. The van der Waals surface area contributed by atoms with E-state index in [9.17, 15) is 8.42 Å². The minimum atomic E-state index is -3.51. The van der Waals surface area contributed by atoms with Gasteiger partial charge in [0.1, 0.15) is 0 Å². The second kappa shape index (κ2) is 6.33. The Balaban J connectivity index is 2.91. The van der Waals surface area contributed by atoms with Crippen LogP contribution in [0.5, 0.6) is 0 Å². The zero-order valence-corrected chi connectivity index (χ0v) is 11.8. The third kappa shape index (κ3) is 3.55. The lowest BCUT2D eigenvalue weighted by atomic mass is 10.3. The summed E-state index contributed by atoms with van der Waals surface area (Å²) in [6, 6.07) is 1.36. The highest BCUT2D eigenvalue weighted by Gasteiger charge is 2.20.